The van der Waals surface area contributed by atoms with Crippen LogP contribution in [0.4, 0.5) is 10.1 Å². The van der Waals surface area contributed by atoms with Crippen molar-refractivity contribution in [1.82, 2.24) is 0 Å². The molecule has 0 bridgehead atoms. The third kappa shape index (κ3) is 2.10. The van der Waals surface area contributed by atoms with Crippen LogP contribution < -0.4 is 4.90 Å². The fourth-order valence-electron chi connectivity index (χ4n) is 1.95. The fraction of sp³-hybridized carbons (Fsp3) is 0.417. The number of benzene rings is 1. The largest absolute Gasteiger partial charge is 0.372 e. The lowest BCUT2D eigenvalue weighted by Gasteiger charge is -2.18. The predicted octanol–water partition coefficient (Wildman–Crippen LogP) is 2.49. The Balaban J connectivity index is 2.25. The minimum atomic E-state index is -0.278. The molecule has 0 N–H and O–H groups in total. The maximum atomic E-state index is 13.3. The van der Waals surface area contributed by atoms with Gasteiger partial charge in [0.05, 0.1) is 12.5 Å². The highest BCUT2D eigenvalue weighted by Crippen LogP contribution is 2.22. The van der Waals surface area contributed by atoms with Crippen molar-refractivity contribution in [3.8, 4) is 6.07 Å². The van der Waals surface area contributed by atoms with E-state index in [0.29, 0.717) is 5.56 Å². The molecule has 1 fully saturated rings. The average Bonchev–Trinajstić information content (AvgIpc) is 2.75. The van der Waals surface area contributed by atoms with Crippen LogP contribution >= 0.6 is 0 Å². The second-order valence-electron chi connectivity index (χ2n) is 3.80. The highest BCUT2D eigenvalue weighted by molar-refractivity contribution is 5.50. The van der Waals surface area contributed by atoms with Crippen LogP contribution in [0.2, 0.25) is 0 Å². The van der Waals surface area contributed by atoms with Crippen molar-refractivity contribution in [2.45, 2.75) is 19.3 Å². The molecule has 2 rings (SSSR count). The van der Waals surface area contributed by atoms with Gasteiger partial charge < -0.3 is 4.90 Å². The fourth-order valence-corrected chi connectivity index (χ4v) is 1.95. The maximum Gasteiger partial charge on any atom is 0.127 e. The summed E-state index contributed by atoms with van der Waals surface area (Å²) < 4.78 is 13.3. The maximum absolute atomic E-state index is 13.3. The molecular weight excluding hydrogens is 191 g/mol. The number of nitrogens with zero attached hydrogens (tertiary/aromatic N) is 2. The van der Waals surface area contributed by atoms with Crippen LogP contribution in [0.3, 0.4) is 0 Å². The topological polar surface area (TPSA) is 27.0 Å². The van der Waals surface area contributed by atoms with E-state index in [-0.39, 0.29) is 12.2 Å². The standard InChI is InChI=1S/C12H13FN2/c13-12-4-3-11(9-10(12)5-6-14)15-7-1-2-8-15/h3-4,9H,1-2,5,7-8H2. The van der Waals surface area contributed by atoms with Gasteiger partial charge in [0.1, 0.15) is 5.82 Å². The van der Waals surface area contributed by atoms with Crippen LogP contribution in [0.15, 0.2) is 18.2 Å². The van der Waals surface area contributed by atoms with Crippen LogP contribution in [-0.2, 0) is 6.42 Å². The Kier molecular flexibility index (Phi) is 2.86. The quantitative estimate of drug-likeness (QED) is 0.740. The lowest BCUT2D eigenvalue weighted by Crippen LogP contribution is -2.17. The third-order valence-electron chi connectivity index (χ3n) is 2.77. The van der Waals surface area contributed by atoms with Crippen molar-refractivity contribution < 1.29 is 4.39 Å². The summed E-state index contributed by atoms with van der Waals surface area (Å²) in [5.74, 6) is -0.278. The van der Waals surface area contributed by atoms with Gasteiger partial charge in [-0.2, -0.15) is 5.26 Å². The van der Waals surface area contributed by atoms with Gasteiger partial charge in [0.2, 0.25) is 0 Å². The summed E-state index contributed by atoms with van der Waals surface area (Å²) in [4.78, 5) is 2.24. The van der Waals surface area contributed by atoms with Crippen LogP contribution in [0, 0.1) is 17.1 Å². The molecule has 0 aliphatic carbocycles. The summed E-state index contributed by atoms with van der Waals surface area (Å²) >= 11 is 0. The van der Waals surface area contributed by atoms with E-state index in [4.69, 9.17) is 5.26 Å². The van der Waals surface area contributed by atoms with Crippen molar-refractivity contribution in [2.24, 2.45) is 0 Å². The van der Waals surface area contributed by atoms with Gasteiger partial charge in [-0.15, -0.1) is 0 Å². The molecule has 2 nitrogen and oxygen atoms in total. The zero-order chi connectivity index (χ0) is 10.7. The van der Waals surface area contributed by atoms with E-state index in [0.717, 1.165) is 18.8 Å². The molecular formula is C12H13FN2. The Hall–Kier alpha value is -1.56. The van der Waals surface area contributed by atoms with E-state index in [2.05, 4.69) is 4.90 Å². The molecule has 0 saturated carbocycles. The Labute approximate surface area is 88.9 Å². The first-order chi connectivity index (χ1) is 7.31. The summed E-state index contributed by atoms with van der Waals surface area (Å²) in [6, 6.07) is 7.03. The number of hydrogen-bond acceptors (Lipinski definition) is 2. The molecule has 78 valence electrons. The van der Waals surface area contributed by atoms with Gasteiger partial charge in [0.15, 0.2) is 0 Å². The Morgan fingerprint density at radius 2 is 2.07 bits per heavy atom. The van der Waals surface area contributed by atoms with Gasteiger partial charge in [0.25, 0.3) is 0 Å². The van der Waals surface area contributed by atoms with Crippen molar-refractivity contribution >= 4 is 5.69 Å². The number of nitriles is 1. The predicted molar refractivity (Wildman–Crippen MR) is 57.2 cm³/mol. The van der Waals surface area contributed by atoms with E-state index in [9.17, 15) is 4.39 Å². The van der Waals surface area contributed by atoms with E-state index in [1.165, 1.54) is 18.9 Å². The molecule has 1 aliphatic rings. The summed E-state index contributed by atoms with van der Waals surface area (Å²) in [6.45, 7) is 2.08. The smallest absolute Gasteiger partial charge is 0.127 e. The number of anilines is 1. The SMILES string of the molecule is N#CCc1cc(N2CCCC2)ccc1F. The van der Waals surface area contributed by atoms with E-state index >= 15 is 0 Å². The first-order valence-electron chi connectivity index (χ1n) is 5.21. The minimum absolute atomic E-state index is 0.146. The molecule has 0 unspecified atom stereocenters. The van der Waals surface area contributed by atoms with Crippen LogP contribution in [0.1, 0.15) is 18.4 Å². The Morgan fingerprint density at radius 3 is 2.73 bits per heavy atom. The zero-order valence-electron chi connectivity index (χ0n) is 8.54. The van der Waals surface area contributed by atoms with Crippen LogP contribution in [0.5, 0.6) is 0 Å². The van der Waals surface area contributed by atoms with Gasteiger partial charge >= 0.3 is 0 Å². The van der Waals surface area contributed by atoms with Gasteiger partial charge in [-0.25, -0.2) is 4.39 Å². The van der Waals surface area contributed by atoms with Crippen LogP contribution in [0.25, 0.3) is 0 Å². The minimum Gasteiger partial charge on any atom is -0.372 e. The number of rotatable bonds is 2. The molecule has 1 heterocycles. The average molecular weight is 204 g/mol. The van der Waals surface area contributed by atoms with Gasteiger partial charge in [-0.1, -0.05) is 0 Å². The monoisotopic (exact) mass is 204 g/mol. The highest BCUT2D eigenvalue weighted by atomic mass is 19.1. The summed E-state index contributed by atoms with van der Waals surface area (Å²) in [5, 5.41) is 8.57. The molecule has 0 atom stereocenters. The first-order valence-corrected chi connectivity index (χ1v) is 5.21. The highest BCUT2D eigenvalue weighted by Gasteiger charge is 2.13. The normalized spacial score (nSPS) is 15.3. The Morgan fingerprint density at radius 1 is 1.33 bits per heavy atom. The molecule has 0 spiro atoms. The molecule has 1 aliphatic heterocycles. The Bertz CT molecular complexity index is 389. The summed E-state index contributed by atoms with van der Waals surface area (Å²) in [5.41, 5.74) is 1.54. The van der Waals surface area contributed by atoms with E-state index < -0.39 is 0 Å². The lowest BCUT2D eigenvalue weighted by atomic mass is 10.1. The third-order valence-corrected chi connectivity index (χ3v) is 2.77. The van der Waals surface area contributed by atoms with Gasteiger partial charge in [-0.3, -0.25) is 0 Å². The second-order valence-corrected chi connectivity index (χ2v) is 3.80. The molecule has 3 heteroatoms. The van der Waals surface area contributed by atoms with Crippen molar-refractivity contribution in [3.63, 3.8) is 0 Å². The molecule has 1 saturated heterocycles. The van der Waals surface area contributed by atoms with Crippen molar-refractivity contribution in [2.75, 3.05) is 18.0 Å². The first kappa shape index (κ1) is 9.97. The lowest BCUT2D eigenvalue weighted by molar-refractivity contribution is 0.615. The van der Waals surface area contributed by atoms with Crippen molar-refractivity contribution in [1.29, 1.82) is 5.26 Å². The van der Waals surface area contributed by atoms with Gasteiger partial charge in [0, 0.05) is 24.3 Å². The van der Waals surface area contributed by atoms with E-state index in [1.807, 2.05) is 6.07 Å². The number of hydrogen-bond donors (Lipinski definition) is 0. The molecule has 15 heavy (non-hydrogen) atoms. The van der Waals surface area contributed by atoms with E-state index in [1.54, 1.807) is 12.1 Å². The molecule has 1 aromatic carbocycles. The zero-order valence-corrected chi connectivity index (χ0v) is 8.54. The molecule has 0 amide bonds. The summed E-state index contributed by atoms with van der Waals surface area (Å²) in [6.07, 6.45) is 2.55. The summed E-state index contributed by atoms with van der Waals surface area (Å²) in [7, 11) is 0. The van der Waals surface area contributed by atoms with Crippen LogP contribution in [-0.4, -0.2) is 13.1 Å². The van der Waals surface area contributed by atoms with Crippen molar-refractivity contribution in [3.05, 3.63) is 29.6 Å². The second kappa shape index (κ2) is 4.31. The van der Waals surface area contributed by atoms with Gasteiger partial charge in [-0.05, 0) is 31.0 Å². The number of halogens is 1. The molecule has 1 aromatic rings. The molecule has 0 aromatic heterocycles. The molecule has 0 radical (unpaired) electrons.